The smallest absolute Gasteiger partial charge is 0.220 e. The first-order valence-electron chi connectivity index (χ1n) is 7.90. The van der Waals surface area contributed by atoms with Crippen molar-refractivity contribution >= 4 is 33.6 Å². The summed E-state index contributed by atoms with van der Waals surface area (Å²) >= 11 is 5.30. The van der Waals surface area contributed by atoms with Crippen molar-refractivity contribution in [2.24, 2.45) is 0 Å². The van der Waals surface area contributed by atoms with Gasteiger partial charge in [-0.05, 0) is 45.6 Å². The molecule has 0 aromatic heterocycles. The molecule has 0 fully saturated rings. The molecule has 0 bridgehead atoms. The number of thioether (sulfide) groups is 1. The second-order valence-corrected chi connectivity index (χ2v) is 7.32. The van der Waals surface area contributed by atoms with Crippen molar-refractivity contribution in [3.05, 3.63) is 64.1 Å². The molecule has 24 heavy (non-hydrogen) atoms. The van der Waals surface area contributed by atoms with Gasteiger partial charge in [-0.3, -0.25) is 4.79 Å². The Bertz CT molecular complexity index is 649. The minimum absolute atomic E-state index is 0.0993. The van der Waals surface area contributed by atoms with Crippen molar-refractivity contribution < 1.29 is 9.53 Å². The molecule has 0 saturated carbocycles. The van der Waals surface area contributed by atoms with E-state index in [0.29, 0.717) is 13.0 Å². The molecule has 0 heterocycles. The summed E-state index contributed by atoms with van der Waals surface area (Å²) in [7, 11) is 1.64. The highest BCUT2D eigenvalue weighted by molar-refractivity contribution is 9.10. The number of ether oxygens (including phenoxy) is 1. The molecule has 1 amide bonds. The van der Waals surface area contributed by atoms with Crippen molar-refractivity contribution in [2.45, 2.75) is 18.6 Å². The molecule has 2 aromatic carbocycles. The number of amides is 1. The second-order valence-electron chi connectivity index (χ2n) is 5.36. The van der Waals surface area contributed by atoms with Crippen LogP contribution in [0.5, 0.6) is 5.75 Å². The summed E-state index contributed by atoms with van der Waals surface area (Å²) in [6, 6.07) is 16.3. The predicted molar refractivity (Wildman–Crippen MR) is 105 cm³/mol. The van der Waals surface area contributed by atoms with Crippen LogP contribution in [0.25, 0.3) is 0 Å². The van der Waals surface area contributed by atoms with E-state index in [2.05, 4.69) is 45.5 Å². The maximum absolute atomic E-state index is 11.9. The Morgan fingerprint density at radius 1 is 1.17 bits per heavy atom. The van der Waals surface area contributed by atoms with Crippen LogP contribution in [0.1, 0.15) is 17.5 Å². The van der Waals surface area contributed by atoms with Crippen LogP contribution >= 0.6 is 27.7 Å². The number of carbonyl (C=O) groups is 1. The Morgan fingerprint density at radius 3 is 2.67 bits per heavy atom. The summed E-state index contributed by atoms with van der Waals surface area (Å²) in [5, 5.41) is 2.98. The van der Waals surface area contributed by atoms with Crippen LogP contribution in [0.2, 0.25) is 0 Å². The molecule has 0 unspecified atom stereocenters. The molecule has 2 rings (SSSR count). The minimum Gasteiger partial charge on any atom is -0.496 e. The van der Waals surface area contributed by atoms with Crippen molar-refractivity contribution in [3.63, 3.8) is 0 Å². The molecule has 5 heteroatoms. The van der Waals surface area contributed by atoms with E-state index < -0.39 is 0 Å². The molecule has 0 aliphatic carbocycles. The van der Waals surface area contributed by atoms with Crippen LogP contribution in [0.3, 0.4) is 0 Å². The largest absolute Gasteiger partial charge is 0.496 e. The van der Waals surface area contributed by atoms with E-state index in [1.165, 1.54) is 5.56 Å². The standard InChI is InChI=1S/C19H22BrNO2S/c1-23-18-9-7-15(13-17(18)20)8-10-19(22)21-11-12-24-14-16-5-3-2-4-6-16/h2-7,9,13H,8,10-12,14H2,1H3,(H,21,22). The zero-order chi connectivity index (χ0) is 17.2. The SMILES string of the molecule is COc1ccc(CCC(=O)NCCSCc2ccccc2)cc1Br. The Kier molecular flexibility index (Phi) is 8.19. The highest BCUT2D eigenvalue weighted by Crippen LogP contribution is 2.25. The second kappa shape index (κ2) is 10.4. The lowest BCUT2D eigenvalue weighted by Crippen LogP contribution is -2.25. The Balaban J connectivity index is 1.60. The fourth-order valence-corrected chi connectivity index (χ4v) is 3.65. The van der Waals surface area contributed by atoms with Gasteiger partial charge in [-0.25, -0.2) is 0 Å². The van der Waals surface area contributed by atoms with Gasteiger partial charge in [-0.1, -0.05) is 36.4 Å². The van der Waals surface area contributed by atoms with Gasteiger partial charge < -0.3 is 10.1 Å². The third kappa shape index (κ3) is 6.57. The molecule has 2 aromatic rings. The number of hydrogen-bond acceptors (Lipinski definition) is 3. The van der Waals surface area contributed by atoms with Gasteiger partial charge >= 0.3 is 0 Å². The molecule has 0 atom stereocenters. The molecule has 128 valence electrons. The fraction of sp³-hybridized carbons (Fsp3) is 0.316. The Hall–Kier alpha value is -1.46. The van der Waals surface area contributed by atoms with Gasteiger partial charge in [0.15, 0.2) is 0 Å². The van der Waals surface area contributed by atoms with Crippen molar-refractivity contribution in [1.29, 1.82) is 0 Å². The Morgan fingerprint density at radius 2 is 1.96 bits per heavy atom. The van der Waals surface area contributed by atoms with Crippen LogP contribution in [-0.4, -0.2) is 25.3 Å². The molecule has 0 spiro atoms. The van der Waals surface area contributed by atoms with Crippen LogP contribution in [-0.2, 0) is 17.0 Å². The number of carbonyl (C=O) groups excluding carboxylic acids is 1. The number of rotatable bonds is 9. The van der Waals surface area contributed by atoms with Crippen LogP contribution in [0.4, 0.5) is 0 Å². The molecule has 1 N–H and O–H groups in total. The molecular weight excluding hydrogens is 386 g/mol. The van der Waals surface area contributed by atoms with Crippen molar-refractivity contribution in [1.82, 2.24) is 5.32 Å². The van der Waals surface area contributed by atoms with Gasteiger partial charge in [0.25, 0.3) is 0 Å². The van der Waals surface area contributed by atoms with Gasteiger partial charge in [0, 0.05) is 24.5 Å². The topological polar surface area (TPSA) is 38.3 Å². The number of benzene rings is 2. The van der Waals surface area contributed by atoms with Gasteiger partial charge in [0.2, 0.25) is 5.91 Å². The van der Waals surface area contributed by atoms with Gasteiger partial charge in [0.1, 0.15) is 5.75 Å². The van der Waals surface area contributed by atoms with Crippen molar-refractivity contribution in [3.8, 4) is 5.75 Å². The molecule has 0 radical (unpaired) electrons. The molecule has 0 aliphatic heterocycles. The lowest BCUT2D eigenvalue weighted by atomic mass is 10.1. The summed E-state index contributed by atoms with van der Waals surface area (Å²) in [5.74, 6) is 2.81. The number of methoxy groups -OCH3 is 1. The van der Waals surface area contributed by atoms with Crippen molar-refractivity contribution in [2.75, 3.05) is 19.4 Å². The maximum atomic E-state index is 11.9. The van der Waals surface area contributed by atoms with E-state index in [1.807, 2.05) is 36.0 Å². The van der Waals surface area contributed by atoms with Crippen LogP contribution < -0.4 is 10.1 Å². The first-order valence-corrected chi connectivity index (χ1v) is 9.84. The quantitative estimate of drug-likeness (QED) is 0.624. The summed E-state index contributed by atoms with van der Waals surface area (Å²) in [6.07, 6.45) is 1.23. The van der Waals surface area contributed by atoms with Gasteiger partial charge in [-0.15, -0.1) is 0 Å². The summed E-state index contributed by atoms with van der Waals surface area (Å²) in [4.78, 5) is 11.9. The Labute approximate surface area is 156 Å². The molecule has 0 saturated heterocycles. The van der Waals surface area contributed by atoms with E-state index in [9.17, 15) is 4.79 Å². The molecular formula is C19H22BrNO2S. The first-order chi connectivity index (χ1) is 11.7. The average Bonchev–Trinajstić information content (AvgIpc) is 2.60. The number of aryl methyl sites for hydroxylation is 1. The average molecular weight is 408 g/mol. The van der Waals surface area contributed by atoms with Crippen LogP contribution in [0.15, 0.2) is 53.0 Å². The third-order valence-corrected chi connectivity index (χ3v) is 5.19. The van der Waals surface area contributed by atoms with Crippen LogP contribution in [0, 0.1) is 0 Å². The molecule has 3 nitrogen and oxygen atoms in total. The number of nitrogens with one attached hydrogen (secondary N) is 1. The summed E-state index contributed by atoms with van der Waals surface area (Å²) in [6.45, 7) is 0.711. The highest BCUT2D eigenvalue weighted by atomic mass is 79.9. The summed E-state index contributed by atoms with van der Waals surface area (Å²) in [5.41, 5.74) is 2.44. The minimum atomic E-state index is 0.0993. The van der Waals surface area contributed by atoms with E-state index in [4.69, 9.17) is 4.74 Å². The highest BCUT2D eigenvalue weighted by Gasteiger charge is 2.05. The van der Waals surface area contributed by atoms with E-state index >= 15 is 0 Å². The van der Waals surface area contributed by atoms with E-state index in [0.717, 1.165) is 33.7 Å². The number of halogens is 1. The predicted octanol–water partition coefficient (Wildman–Crippen LogP) is 4.44. The normalized spacial score (nSPS) is 10.4. The maximum Gasteiger partial charge on any atom is 0.220 e. The number of hydrogen-bond donors (Lipinski definition) is 1. The lowest BCUT2D eigenvalue weighted by Gasteiger charge is -2.07. The zero-order valence-electron chi connectivity index (χ0n) is 13.8. The molecule has 0 aliphatic rings. The van der Waals surface area contributed by atoms with Gasteiger partial charge in [-0.2, -0.15) is 11.8 Å². The monoisotopic (exact) mass is 407 g/mol. The van der Waals surface area contributed by atoms with E-state index in [-0.39, 0.29) is 5.91 Å². The lowest BCUT2D eigenvalue weighted by molar-refractivity contribution is -0.120. The van der Waals surface area contributed by atoms with Gasteiger partial charge in [0.05, 0.1) is 11.6 Å². The zero-order valence-corrected chi connectivity index (χ0v) is 16.2. The summed E-state index contributed by atoms with van der Waals surface area (Å²) < 4.78 is 6.12. The van der Waals surface area contributed by atoms with E-state index in [1.54, 1.807) is 7.11 Å². The fourth-order valence-electron chi connectivity index (χ4n) is 2.24. The third-order valence-electron chi connectivity index (χ3n) is 3.54. The first kappa shape index (κ1) is 18.9.